The number of ether oxygens (including phenoxy) is 1. The summed E-state index contributed by atoms with van der Waals surface area (Å²) in [5.41, 5.74) is 0. The molecule has 1 unspecified atom stereocenters. The molecule has 0 spiro atoms. The Kier molecular flexibility index (Phi) is 11.3. The quantitative estimate of drug-likeness (QED) is 0.721. The molecule has 0 bridgehead atoms. The second-order valence-corrected chi connectivity index (χ2v) is 5.74. The van der Waals surface area contributed by atoms with E-state index in [4.69, 9.17) is 4.74 Å². The minimum absolute atomic E-state index is 0. The molecule has 23 heavy (non-hydrogen) atoms. The number of carbonyl (C=O) groups excluding carboxylic acids is 1. The highest BCUT2D eigenvalue weighted by atomic mass is 35.5. The van der Waals surface area contributed by atoms with Crippen molar-refractivity contribution in [3.8, 4) is 0 Å². The summed E-state index contributed by atoms with van der Waals surface area (Å²) in [7, 11) is 0. The Morgan fingerprint density at radius 1 is 1.52 bits per heavy atom. The van der Waals surface area contributed by atoms with E-state index in [0.29, 0.717) is 25.5 Å². The van der Waals surface area contributed by atoms with Gasteiger partial charge >= 0.3 is 0 Å². The monoisotopic (exact) mass is 366 g/mol. The Labute approximate surface area is 150 Å². The van der Waals surface area contributed by atoms with E-state index in [9.17, 15) is 4.79 Å². The molecule has 6 nitrogen and oxygen atoms in total. The molecule has 1 aromatic rings. The molecule has 8 heteroatoms. The number of aromatic nitrogens is 2. The number of nitrogens with one attached hydrogen (secondary N) is 2. The molecule has 1 aliphatic rings. The van der Waals surface area contributed by atoms with Gasteiger partial charge in [0.1, 0.15) is 5.82 Å². The van der Waals surface area contributed by atoms with Crippen LogP contribution in [0.25, 0.3) is 0 Å². The zero-order valence-corrected chi connectivity index (χ0v) is 15.4. The first-order valence-electron chi connectivity index (χ1n) is 7.77. The zero-order chi connectivity index (χ0) is 15.1. The first kappa shape index (κ1) is 22.2. The molecule has 2 rings (SSSR count). The maximum atomic E-state index is 11.8. The number of hydrogen-bond donors (Lipinski definition) is 2. The van der Waals surface area contributed by atoms with E-state index < -0.39 is 0 Å². The van der Waals surface area contributed by atoms with E-state index in [2.05, 4.69) is 34.0 Å². The maximum Gasteiger partial charge on any atom is 0.222 e. The number of halogens is 2. The van der Waals surface area contributed by atoms with Crippen molar-refractivity contribution in [1.29, 1.82) is 0 Å². The summed E-state index contributed by atoms with van der Waals surface area (Å²) in [5.74, 6) is 1.59. The van der Waals surface area contributed by atoms with Crippen LogP contribution in [0.3, 0.4) is 0 Å². The molecular weight excluding hydrogens is 339 g/mol. The molecule has 1 amide bonds. The minimum atomic E-state index is 0. The number of imidazole rings is 1. The second-order valence-electron chi connectivity index (χ2n) is 5.74. The fourth-order valence-electron chi connectivity index (χ4n) is 2.52. The first-order valence-corrected chi connectivity index (χ1v) is 7.77. The number of amides is 1. The molecule has 0 saturated carbocycles. The summed E-state index contributed by atoms with van der Waals surface area (Å²) in [5, 5.41) is 6.19. The van der Waals surface area contributed by atoms with Gasteiger partial charge in [0.15, 0.2) is 0 Å². The molecular formula is C15H28Cl2N4O2. The van der Waals surface area contributed by atoms with Crippen LogP contribution in [0.15, 0.2) is 12.4 Å². The maximum absolute atomic E-state index is 11.8. The molecule has 1 fully saturated rings. The van der Waals surface area contributed by atoms with Gasteiger partial charge in [-0.05, 0) is 6.42 Å². The van der Waals surface area contributed by atoms with Crippen LogP contribution >= 0.6 is 24.8 Å². The Hall–Kier alpha value is -0.820. The van der Waals surface area contributed by atoms with Gasteiger partial charge in [-0.2, -0.15) is 0 Å². The molecule has 0 aliphatic carbocycles. The number of aryl methyl sites for hydroxylation is 1. The molecule has 1 atom stereocenters. The van der Waals surface area contributed by atoms with Crippen LogP contribution in [0, 0.1) is 0 Å². The number of nitrogens with zero attached hydrogens (tertiary/aromatic N) is 2. The molecule has 1 aromatic heterocycles. The van der Waals surface area contributed by atoms with E-state index in [1.165, 1.54) is 0 Å². The largest absolute Gasteiger partial charge is 0.375 e. The standard InChI is InChI=1S/C15H26N4O2.2ClH/c1-12(2)15-18-5-8-19(15)7-3-4-17-14(20)10-13-11-16-6-9-21-13;;/h5,8,12-13,16H,3-4,6-7,9-11H2,1-2H3,(H,17,20);2*1H. The lowest BCUT2D eigenvalue weighted by Gasteiger charge is -2.23. The highest BCUT2D eigenvalue weighted by molar-refractivity contribution is 5.85. The third-order valence-corrected chi connectivity index (χ3v) is 3.58. The summed E-state index contributed by atoms with van der Waals surface area (Å²) in [6, 6.07) is 0. The van der Waals surface area contributed by atoms with Crippen LogP contribution in [0.4, 0.5) is 0 Å². The lowest BCUT2D eigenvalue weighted by molar-refractivity contribution is -0.124. The van der Waals surface area contributed by atoms with Crippen molar-refractivity contribution in [2.45, 2.75) is 45.3 Å². The molecule has 2 N–H and O–H groups in total. The van der Waals surface area contributed by atoms with Crippen molar-refractivity contribution < 1.29 is 9.53 Å². The van der Waals surface area contributed by atoms with Crippen LogP contribution in [0.1, 0.15) is 38.4 Å². The van der Waals surface area contributed by atoms with Crippen molar-refractivity contribution in [2.75, 3.05) is 26.2 Å². The van der Waals surface area contributed by atoms with Gasteiger partial charge in [-0.1, -0.05) is 13.8 Å². The van der Waals surface area contributed by atoms with E-state index in [0.717, 1.165) is 31.9 Å². The van der Waals surface area contributed by atoms with Gasteiger partial charge in [-0.15, -0.1) is 24.8 Å². The Morgan fingerprint density at radius 2 is 2.30 bits per heavy atom. The van der Waals surface area contributed by atoms with Gasteiger partial charge in [0, 0.05) is 44.5 Å². The van der Waals surface area contributed by atoms with Crippen LogP contribution in [-0.4, -0.2) is 47.8 Å². The third-order valence-electron chi connectivity index (χ3n) is 3.58. The van der Waals surface area contributed by atoms with Crippen molar-refractivity contribution in [2.24, 2.45) is 0 Å². The highest BCUT2D eigenvalue weighted by Crippen LogP contribution is 2.11. The van der Waals surface area contributed by atoms with Crippen LogP contribution < -0.4 is 10.6 Å². The average Bonchev–Trinajstić information content (AvgIpc) is 2.93. The van der Waals surface area contributed by atoms with Gasteiger partial charge in [-0.25, -0.2) is 4.98 Å². The van der Waals surface area contributed by atoms with Crippen molar-refractivity contribution in [1.82, 2.24) is 20.2 Å². The van der Waals surface area contributed by atoms with E-state index in [1.54, 1.807) is 0 Å². The van der Waals surface area contributed by atoms with Crippen molar-refractivity contribution in [3.05, 3.63) is 18.2 Å². The fourth-order valence-corrected chi connectivity index (χ4v) is 2.52. The lowest BCUT2D eigenvalue weighted by atomic mass is 10.2. The summed E-state index contributed by atoms with van der Waals surface area (Å²) >= 11 is 0. The predicted molar refractivity (Wildman–Crippen MR) is 95.7 cm³/mol. The normalized spacial score (nSPS) is 17.3. The van der Waals surface area contributed by atoms with Gasteiger partial charge < -0.3 is 19.9 Å². The van der Waals surface area contributed by atoms with Crippen molar-refractivity contribution in [3.63, 3.8) is 0 Å². The molecule has 1 saturated heterocycles. The van der Waals surface area contributed by atoms with E-state index in [-0.39, 0.29) is 36.8 Å². The highest BCUT2D eigenvalue weighted by Gasteiger charge is 2.16. The summed E-state index contributed by atoms with van der Waals surface area (Å²) in [6.45, 7) is 8.18. The summed E-state index contributed by atoms with van der Waals surface area (Å²) in [4.78, 5) is 16.2. The van der Waals surface area contributed by atoms with Gasteiger partial charge in [0.2, 0.25) is 5.91 Å². The molecule has 0 aromatic carbocycles. The number of hydrogen-bond acceptors (Lipinski definition) is 4. The predicted octanol–water partition coefficient (Wildman–Crippen LogP) is 1.73. The van der Waals surface area contributed by atoms with Gasteiger partial charge in [-0.3, -0.25) is 4.79 Å². The number of morpholine rings is 1. The smallest absolute Gasteiger partial charge is 0.222 e. The molecule has 2 heterocycles. The molecule has 0 radical (unpaired) electrons. The zero-order valence-electron chi connectivity index (χ0n) is 13.8. The molecule has 134 valence electrons. The lowest BCUT2D eigenvalue weighted by Crippen LogP contribution is -2.41. The summed E-state index contributed by atoms with van der Waals surface area (Å²) < 4.78 is 7.68. The van der Waals surface area contributed by atoms with Crippen LogP contribution in [-0.2, 0) is 16.1 Å². The topological polar surface area (TPSA) is 68.2 Å². The molecule has 1 aliphatic heterocycles. The third kappa shape index (κ3) is 7.52. The summed E-state index contributed by atoms with van der Waals surface area (Å²) in [6.07, 6.45) is 5.20. The van der Waals surface area contributed by atoms with Crippen LogP contribution in [0.5, 0.6) is 0 Å². The minimum Gasteiger partial charge on any atom is -0.375 e. The van der Waals surface area contributed by atoms with Crippen molar-refractivity contribution >= 4 is 30.7 Å². The Bertz CT molecular complexity index is 448. The first-order chi connectivity index (χ1) is 10.2. The van der Waals surface area contributed by atoms with Gasteiger partial charge in [0.05, 0.1) is 19.1 Å². The Morgan fingerprint density at radius 3 is 2.96 bits per heavy atom. The van der Waals surface area contributed by atoms with E-state index in [1.807, 2.05) is 12.4 Å². The SMILES string of the molecule is CC(C)c1nccn1CCCNC(=O)CC1CNCCO1.Cl.Cl. The van der Waals surface area contributed by atoms with E-state index >= 15 is 0 Å². The average molecular weight is 367 g/mol. The number of carbonyl (C=O) groups is 1. The van der Waals surface area contributed by atoms with Crippen LogP contribution in [0.2, 0.25) is 0 Å². The second kappa shape index (κ2) is 11.7. The Balaban J connectivity index is 0.00000242. The fraction of sp³-hybridized carbons (Fsp3) is 0.733. The number of rotatable bonds is 7. The van der Waals surface area contributed by atoms with Gasteiger partial charge in [0.25, 0.3) is 0 Å².